The first-order valence-electron chi connectivity index (χ1n) is 8.60. The molecule has 0 aliphatic rings. The molecule has 0 aliphatic carbocycles. The Bertz CT molecular complexity index is 923. The molecule has 2 aromatic heterocycles. The fraction of sp³-hybridized carbons (Fsp3) is 0.200. The normalized spacial score (nSPS) is 11.6. The predicted molar refractivity (Wildman–Crippen MR) is 99.4 cm³/mol. The van der Waals surface area contributed by atoms with E-state index in [1.54, 1.807) is 61.1 Å². The van der Waals surface area contributed by atoms with Crippen molar-refractivity contribution in [3.63, 3.8) is 0 Å². The highest BCUT2D eigenvalue weighted by molar-refractivity contribution is 5.97. The maximum absolute atomic E-state index is 12.8. The van der Waals surface area contributed by atoms with Gasteiger partial charge in [0.2, 0.25) is 0 Å². The second-order valence-electron chi connectivity index (χ2n) is 5.81. The summed E-state index contributed by atoms with van der Waals surface area (Å²) >= 11 is 0. The zero-order valence-electron chi connectivity index (χ0n) is 15.1. The zero-order chi connectivity index (χ0) is 19.2. The van der Waals surface area contributed by atoms with Crippen LogP contribution in [0.2, 0.25) is 0 Å². The minimum atomic E-state index is -0.892. The van der Waals surface area contributed by atoms with E-state index in [0.717, 1.165) is 0 Å². The van der Waals surface area contributed by atoms with Gasteiger partial charge >= 0.3 is 5.97 Å². The minimum Gasteiger partial charge on any atom is -0.464 e. The number of carbonyl (C=O) groups excluding carboxylic acids is 2. The Hall–Kier alpha value is -3.48. The van der Waals surface area contributed by atoms with Crippen LogP contribution in [-0.4, -0.2) is 33.2 Å². The molecular weight excluding hydrogens is 344 g/mol. The third-order valence-corrected chi connectivity index (χ3v) is 4.05. The smallest absolute Gasteiger partial charge is 0.333 e. The number of nitrogens with one attached hydrogen (secondary N) is 1. The molecule has 1 N–H and O–H groups in total. The van der Waals surface area contributed by atoms with Gasteiger partial charge in [0.15, 0.2) is 11.9 Å². The number of benzene rings is 1. The third kappa shape index (κ3) is 4.03. The molecule has 2 heterocycles. The van der Waals surface area contributed by atoms with Gasteiger partial charge in [0, 0.05) is 6.20 Å². The van der Waals surface area contributed by atoms with Crippen molar-refractivity contribution >= 4 is 11.9 Å². The summed E-state index contributed by atoms with van der Waals surface area (Å²) in [5.74, 6) is -0.303. The number of rotatable bonds is 6. The molecule has 7 heteroatoms. The lowest BCUT2D eigenvalue weighted by Crippen LogP contribution is -2.35. The fourth-order valence-corrected chi connectivity index (χ4v) is 2.70. The summed E-state index contributed by atoms with van der Waals surface area (Å²) in [5.41, 5.74) is 1.65. The highest BCUT2D eigenvalue weighted by atomic mass is 16.5. The van der Waals surface area contributed by atoms with E-state index in [0.29, 0.717) is 22.6 Å². The lowest BCUT2D eigenvalue weighted by Gasteiger charge is -2.17. The number of esters is 1. The Balaban J connectivity index is 1.86. The third-order valence-electron chi connectivity index (χ3n) is 4.05. The molecule has 0 spiro atoms. The van der Waals surface area contributed by atoms with Crippen LogP contribution in [0.1, 0.15) is 34.6 Å². The number of aromatic nitrogens is 3. The van der Waals surface area contributed by atoms with E-state index in [1.807, 2.05) is 12.1 Å². The van der Waals surface area contributed by atoms with Gasteiger partial charge in [-0.3, -0.25) is 4.79 Å². The van der Waals surface area contributed by atoms with Gasteiger partial charge in [-0.25, -0.2) is 14.5 Å². The molecule has 0 saturated carbocycles. The van der Waals surface area contributed by atoms with Crippen molar-refractivity contribution in [1.29, 1.82) is 0 Å². The van der Waals surface area contributed by atoms with Crippen molar-refractivity contribution in [2.24, 2.45) is 0 Å². The van der Waals surface area contributed by atoms with Crippen LogP contribution in [0.15, 0.2) is 60.9 Å². The van der Waals surface area contributed by atoms with Gasteiger partial charge in [-0.05, 0) is 31.5 Å². The van der Waals surface area contributed by atoms with Gasteiger partial charge in [0.1, 0.15) is 0 Å². The summed E-state index contributed by atoms with van der Waals surface area (Å²) < 4.78 is 6.70. The number of hydrogen-bond acceptors (Lipinski definition) is 5. The molecule has 138 valence electrons. The fourth-order valence-electron chi connectivity index (χ4n) is 2.70. The van der Waals surface area contributed by atoms with Crippen LogP contribution in [0.5, 0.6) is 0 Å². The van der Waals surface area contributed by atoms with Crippen LogP contribution < -0.4 is 5.32 Å². The summed E-state index contributed by atoms with van der Waals surface area (Å²) in [6.07, 6.45) is 3.12. The van der Waals surface area contributed by atoms with Crippen LogP contribution in [0.3, 0.4) is 0 Å². The van der Waals surface area contributed by atoms with Crippen LogP contribution >= 0.6 is 0 Å². The first-order chi connectivity index (χ1) is 13.1. The Morgan fingerprint density at radius 3 is 2.56 bits per heavy atom. The molecular formula is C20H20N4O3. The van der Waals surface area contributed by atoms with Gasteiger partial charge in [-0.1, -0.05) is 36.4 Å². The molecule has 27 heavy (non-hydrogen) atoms. The summed E-state index contributed by atoms with van der Waals surface area (Å²) in [6.45, 7) is 3.73. The molecule has 7 nitrogen and oxygen atoms in total. The van der Waals surface area contributed by atoms with E-state index in [9.17, 15) is 9.59 Å². The predicted octanol–water partition coefficient (Wildman–Crippen LogP) is 2.61. The molecule has 0 bridgehead atoms. The average molecular weight is 364 g/mol. The van der Waals surface area contributed by atoms with Crippen molar-refractivity contribution in [2.45, 2.75) is 19.9 Å². The van der Waals surface area contributed by atoms with Crippen molar-refractivity contribution in [3.05, 3.63) is 77.7 Å². The van der Waals surface area contributed by atoms with Crippen LogP contribution in [0, 0.1) is 6.92 Å². The highest BCUT2D eigenvalue weighted by Gasteiger charge is 2.26. The number of carbonyl (C=O) groups is 2. The molecule has 1 amide bonds. The topological polar surface area (TPSA) is 86.1 Å². The Kier molecular flexibility index (Phi) is 5.61. The standard InChI is InChI=1S/C20H20N4O3/c1-3-27-20(26)18(15-9-5-4-6-10-15)23-19(25)16-13-22-24(14(16)2)17-11-7-8-12-21-17/h4-13,18H,3H2,1-2H3,(H,23,25). The number of ether oxygens (including phenoxy) is 1. The first kappa shape index (κ1) is 18.3. The molecule has 1 atom stereocenters. The number of hydrogen-bond donors (Lipinski definition) is 1. The number of amides is 1. The molecule has 1 aromatic carbocycles. The van der Waals surface area contributed by atoms with Crippen molar-refractivity contribution < 1.29 is 14.3 Å². The summed E-state index contributed by atoms with van der Waals surface area (Å²) in [5, 5.41) is 7.00. The van der Waals surface area contributed by atoms with Crippen molar-refractivity contribution in [2.75, 3.05) is 6.61 Å². The van der Waals surface area contributed by atoms with E-state index in [1.165, 1.54) is 6.20 Å². The summed E-state index contributed by atoms with van der Waals surface area (Å²) in [7, 11) is 0. The molecule has 0 fully saturated rings. The molecule has 0 saturated heterocycles. The Morgan fingerprint density at radius 1 is 1.15 bits per heavy atom. The largest absolute Gasteiger partial charge is 0.464 e. The van der Waals surface area contributed by atoms with Gasteiger partial charge in [-0.15, -0.1) is 0 Å². The van der Waals surface area contributed by atoms with Gasteiger partial charge < -0.3 is 10.1 Å². The maximum Gasteiger partial charge on any atom is 0.333 e. The van der Waals surface area contributed by atoms with E-state index in [4.69, 9.17) is 4.74 Å². The monoisotopic (exact) mass is 364 g/mol. The van der Waals surface area contributed by atoms with E-state index < -0.39 is 17.9 Å². The molecule has 3 rings (SSSR count). The van der Waals surface area contributed by atoms with Crippen LogP contribution in [0.4, 0.5) is 0 Å². The molecule has 0 radical (unpaired) electrons. The molecule has 3 aromatic rings. The van der Waals surface area contributed by atoms with Gasteiger partial charge in [-0.2, -0.15) is 5.10 Å². The first-order valence-corrected chi connectivity index (χ1v) is 8.60. The zero-order valence-corrected chi connectivity index (χ0v) is 15.1. The quantitative estimate of drug-likeness (QED) is 0.680. The lowest BCUT2D eigenvalue weighted by molar-refractivity contribution is -0.145. The van der Waals surface area contributed by atoms with E-state index in [-0.39, 0.29) is 6.61 Å². The second-order valence-corrected chi connectivity index (χ2v) is 5.81. The average Bonchev–Trinajstić information content (AvgIpc) is 3.09. The van der Waals surface area contributed by atoms with Gasteiger partial charge in [0.05, 0.1) is 24.1 Å². The summed E-state index contributed by atoms with van der Waals surface area (Å²) in [6, 6.07) is 13.5. The lowest BCUT2D eigenvalue weighted by atomic mass is 10.1. The Labute approximate surface area is 157 Å². The highest BCUT2D eigenvalue weighted by Crippen LogP contribution is 2.17. The number of nitrogens with zero attached hydrogens (tertiary/aromatic N) is 3. The summed E-state index contributed by atoms with van der Waals surface area (Å²) in [4.78, 5) is 29.4. The van der Waals surface area contributed by atoms with Crippen molar-refractivity contribution in [1.82, 2.24) is 20.1 Å². The Morgan fingerprint density at radius 2 is 1.89 bits per heavy atom. The molecule has 1 unspecified atom stereocenters. The minimum absolute atomic E-state index is 0.231. The van der Waals surface area contributed by atoms with Gasteiger partial charge in [0.25, 0.3) is 5.91 Å². The van der Waals surface area contributed by atoms with E-state index in [2.05, 4.69) is 15.4 Å². The van der Waals surface area contributed by atoms with Crippen LogP contribution in [0.25, 0.3) is 5.82 Å². The maximum atomic E-state index is 12.8. The second kappa shape index (κ2) is 8.27. The van der Waals surface area contributed by atoms with Crippen LogP contribution in [-0.2, 0) is 9.53 Å². The molecule has 0 aliphatic heterocycles. The van der Waals surface area contributed by atoms with Crippen molar-refractivity contribution in [3.8, 4) is 5.82 Å². The number of pyridine rings is 1. The van der Waals surface area contributed by atoms with E-state index >= 15 is 0 Å². The SMILES string of the molecule is CCOC(=O)C(NC(=O)c1cnn(-c2ccccn2)c1C)c1ccccc1.